The first-order valence-electron chi connectivity index (χ1n) is 3.68. The molecule has 1 aromatic carbocycles. The van der Waals surface area contributed by atoms with Crippen molar-refractivity contribution >= 4 is 17.4 Å². The Kier molecular flexibility index (Phi) is 3.12. The molecule has 14 heavy (non-hydrogen) atoms. The quantitative estimate of drug-likeness (QED) is 0.565. The summed E-state index contributed by atoms with van der Waals surface area (Å²) in [5.74, 6) is -0.327. The van der Waals surface area contributed by atoms with Crippen LogP contribution in [0.25, 0.3) is 5.76 Å². The van der Waals surface area contributed by atoms with Gasteiger partial charge in [0.25, 0.3) is 0 Å². The second kappa shape index (κ2) is 4.32. The molecule has 0 aliphatic heterocycles. The molecule has 68 valence electrons. The highest BCUT2D eigenvalue weighted by Crippen LogP contribution is 2.17. The molecule has 4 heteroatoms. The number of aliphatic hydroxyl groups is 1. The standard InChI is InChI=1S/C10H5ClN2O/c11-9-3-1-7(2-4-9)10(14)8(5-12)6-13/h1-4,14H. The Hall–Kier alpha value is -1.97. The van der Waals surface area contributed by atoms with E-state index in [4.69, 9.17) is 22.1 Å². The average molecular weight is 205 g/mol. The number of rotatable bonds is 1. The molecule has 1 N–H and O–H groups in total. The number of nitriles is 2. The van der Waals surface area contributed by atoms with E-state index >= 15 is 0 Å². The minimum atomic E-state index is -0.327. The molecular weight excluding hydrogens is 200 g/mol. The van der Waals surface area contributed by atoms with Crippen molar-refractivity contribution in [3.63, 3.8) is 0 Å². The minimum absolute atomic E-state index is 0.313. The highest BCUT2D eigenvalue weighted by Gasteiger charge is 2.06. The second-order valence-corrected chi connectivity index (χ2v) is 2.89. The van der Waals surface area contributed by atoms with E-state index in [1.165, 1.54) is 12.1 Å². The first kappa shape index (κ1) is 10.1. The Morgan fingerprint density at radius 1 is 1.14 bits per heavy atom. The summed E-state index contributed by atoms with van der Waals surface area (Å²) < 4.78 is 0. The van der Waals surface area contributed by atoms with E-state index in [0.29, 0.717) is 10.6 Å². The molecule has 0 atom stereocenters. The van der Waals surface area contributed by atoms with Gasteiger partial charge in [-0.25, -0.2) is 0 Å². The van der Waals surface area contributed by atoms with Gasteiger partial charge in [-0.05, 0) is 24.3 Å². The number of allylic oxidation sites excluding steroid dienone is 1. The lowest BCUT2D eigenvalue weighted by Gasteiger charge is -1.99. The summed E-state index contributed by atoms with van der Waals surface area (Å²) in [7, 11) is 0. The van der Waals surface area contributed by atoms with Crippen LogP contribution in [0.5, 0.6) is 0 Å². The third-order valence-corrected chi connectivity index (χ3v) is 1.83. The Labute approximate surface area is 86.1 Å². The number of halogens is 1. The van der Waals surface area contributed by atoms with E-state index in [2.05, 4.69) is 0 Å². The van der Waals surface area contributed by atoms with Gasteiger partial charge in [-0.1, -0.05) is 11.6 Å². The van der Waals surface area contributed by atoms with E-state index in [0.717, 1.165) is 0 Å². The summed E-state index contributed by atoms with van der Waals surface area (Å²) >= 11 is 5.64. The zero-order valence-electron chi connectivity index (χ0n) is 7.03. The summed E-state index contributed by atoms with van der Waals surface area (Å²) in [5.41, 5.74) is 0.0832. The molecule has 0 saturated carbocycles. The zero-order valence-corrected chi connectivity index (χ0v) is 7.78. The molecule has 0 bridgehead atoms. The van der Waals surface area contributed by atoms with Crippen molar-refractivity contribution in [2.24, 2.45) is 0 Å². The van der Waals surface area contributed by atoms with Crippen LogP contribution in [-0.4, -0.2) is 5.11 Å². The lowest BCUT2D eigenvalue weighted by atomic mass is 10.1. The minimum Gasteiger partial charge on any atom is -0.505 e. The number of benzene rings is 1. The Bertz CT molecular complexity index is 432. The normalized spacial score (nSPS) is 8.50. The molecule has 0 aromatic heterocycles. The smallest absolute Gasteiger partial charge is 0.171 e. The van der Waals surface area contributed by atoms with Crippen molar-refractivity contribution in [3.8, 4) is 12.1 Å². The third kappa shape index (κ3) is 2.04. The van der Waals surface area contributed by atoms with Crippen LogP contribution < -0.4 is 0 Å². The fraction of sp³-hybridized carbons (Fsp3) is 0. The van der Waals surface area contributed by atoms with Crippen molar-refractivity contribution < 1.29 is 5.11 Å². The van der Waals surface area contributed by atoms with Gasteiger partial charge < -0.3 is 5.11 Å². The molecule has 1 rings (SSSR count). The van der Waals surface area contributed by atoms with Crippen LogP contribution in [0.4, 0.5) is 0 Å². The number of nitrogens with zero attached hydrogens (tertiary/aromatic N) is 2. The van der Waals surface area contributed by atoms with Crippen LogP contribution >= 0.6 is 11.6 Å². The summed E-state index contributed by atoms with van der Waals surface area (Å²) in [6.07, 6.45) is 0. The molecule has 0 unspecified atom stereocenters. The van der Waals surface area contributed by atoms with Crippen LogP contribution in [0.15, 0.2) is 29.8 Å². The van der Waals surface area contributed by atoms with E-state index in [-0.39, 0.29) is 11.3 Å². The summed E-state index contributed by atoms with van der Waals surface area (Å²) in [6.45, 7) is 0. The first-order chi connectivity index (χ1) is 6.69. The highest BCUT2D eigenvalue weighted by molar-refractivity contribution is 6.30. The fourth-order valence-electron chi connectivity index (χ4n) is 0.883. The van der Waals surface area contributed by atoms with Crippen molar-refractivity contribution in [1.29, 1.82) is 10.5 Å². The lowest BCUT2D eigenvalue weighted by Crippen LogP contribution is -1.87. The fourth-order valence-corrected chi connectivity index (χ4v) is 1.01. The number of aliphatic hydroxyl groups excluding tert-OH is 1. The topological polar surface area (TPSA) is 67.8 Å². The molecule has 0 amide bonds. The van der Waals surface area contributed by atoms with Crippen molar-refractivity contribution in [1.82, 2.24) is 0 Å². The molecule has 3 nitrogen and oxygen atoms in total. The van der Waals surface area contributed by atoms with E-state index < -0.39 is 0 Å². The predicted molar refractivity (Wildman–Crippen MR) is 52.2 cm³/mol. The summed E-state index contributed by atoms with van der Waals surface area (Å²) in [5, 5.41) is 27.0. The van der Waals surface area contributed by atoms with Gasteiger partial charge in [0, 0.05) is 10.6 Å². The molecule has 0 fully saturated rings. The Balaban J connectivity index is 3.21. The van der Waals surface area contributed by atoms with Crippen LogP contribution in [0.1, 0.15) is 5.56 Å². The predicted octanol–water partition coefficient (Wildman–Crippen LogP) is 2.66. The molecule has 0 heterocycles. The SMILES string of the molecule is N#CC(C#N)=C(O)c1ccc(Cl)cc1. The molecule has 0 spiro atoms. The maximum Gasteiger partial charge on any atom is 0.171 e. The highest BCUT2D eigenvalue weighted by atomic mass is 35.5. The molecular formula is C10H5ClN2O. The van der Waals surface area contributed by atoms with E-state index in [1.807, 2.05) is 0 Å². The van der Waals surface area contributed by atoms with Crippen LogP contribution in [-0.2, 0) is 0 Å². The largest absolute Gasteiger partial charge is 0.505 e. The van der Waals surface area contributed by atoms with Gasteiger partial charge in [-0.3, -0.25) is 0 Å². The van der Waals surface area contributed by atoms with Gasteiger partial charge in [-0.2, -0.15) is 10.5 Å². The molecule has 1 aromatic rings. The summed E-state index contributed by atoms with van der Waals surface area (Å²) in [4.78, 5) is 0. The third-order valence-electron chi connectivity index (χ3n) is 1.58. The first-order valence-corrected chi connectivity index (χ1v) is 4.06. The van der Waals surface area contributed by atoms with Crippen molar-refractivity contribution in [2.75, 3.05) is 0 Å². The van der Waals surface area contributed by atoms with Gasteiger partial charge in [0.05, 0.1) is 0 Å². The van der Waals surface area contributed by atoms with Gasteiger partial charge in [0.15, 0.2) is 11.3 Å². The van der Waals surface area contributed by atoms with Gasteiger partial charge >= 0.3 is 0 Å². The van der Waals surface area contributed by atoms with Crippen molar-refractivity contribution in [2.45, 2.75) is 0 Å². The second-order valence-electron chi connectivity index (χ2n) is 2.45. The van der Waals surface area contributed by atoms with Gasteiger partial charge in [-0.15, -0.1) is 0 Å². The molecule has 0 aliphatic carbocycles. The lowest BCUT2D eigenvalue weighted by molar-refractivity contribution is 0.510. The monoisotopic (exact) mass is 204 g/mol. The Morgan fingerprint density at radius 3 is 2.07 bits per heavy atom. The van der Waals surface area contributed by atoms with E-state index in [9.17, 15) is 5.11 Å². The van der Waals surface area contributed by atoms with Crippen LogP contribution in [0.2, 0.25) is 5.02 Å². The van der Waals surface area contributed by atoms with E-state index in [1.54, 1.807) is 24.3 Å². The molecule has 0 radical (unpaired) electrons. The summed E-state index contributed by atoms with van der Waals surface area (Å²) in [6, 6.07) is 9.41. The van der Waals surface area contributed by atoms with Crippen LogP contribution in [0, 0.1) is 22.7 Å². The van der Waals surface area contributed by atoms with Gasteiger partial charge in [0.1, 0.15) is 12.1 Å². The molecule has 0 aliphatic rings. The number of hydrogen-bond acceptors (Lipinski definition) is 3. The average Bonchev–Trinajstić information content (AvgIpc) is 2.20. The van der Waals surface area contributed by atoms with Crippen LogP contribution in [0.3, 0.4) is 0 Å². The Morgan fingerprint density at radius 2 is 1.64 bits per heavy atom. The zero-order chi connectivity index (χ0) is 10.6. The number of hydrogen-bond donors (Lipinski definition) is 1. The molecule has 0 saturated heterocycles. The maximum atomic E-state index is 9.46. The van der Waals surface area contributed by atoms with Crippen molar-refractivity contribution in [3.05, 3.63) is 40.4 Å². The van der Waals surface area contributed by atoms with Gasteiger partial charge in [0.2, 0.25) is 0 Å². The maximum absolute atomic E-state index is 9.46.